The van der Waals surface area contributed by atoms with Crippen LogP contribution in [-0.2, 0) is 12.7 Å². The number of fused-ring (bicyclic) bond motifs is 1. The lowest BCUT2D eigenvalue weighted by atomic mass is 10.0. The molecule has 192 valence electrons. The second-order valence-electron chi connectivity index (χ2n) is 8.99. The molecule has 1 heterocycles. The summed E-state index contributed by atoms with van der Waals surface area (Å²) in [4.78, 5) is 11.2. The average molecular weight is 517 g/mol. The Morgan fingerprint density at radius 1 is 0.947 bits per heavy atom. The van der Waals surface area contributed by atoms with Crippen molar-refractivity contribution in [3.8, 4) is 11.1 Å². The van der Waals surface area contributed by atoms with Crippen LogP contribution in [0.2, 0.25) is 0 Å². The molecule has 0 unspecified atom stereocenters. The van der Waals surface area contributed by atoms with Gasteiger partial charge in [0, 0.05) is 6.04 Å². The largest absolute Gasteiger partial charge is 0.478 e. The summed E-state index contributed by atoms with van der Waals surface area (Å²) in [6.45, 7) is 2.19. The Morgan fingerprint density at radius 2 is 1.63 bits per heavy atom. The van der Waals surface area contributed by atoms with E-state index in [2.05, 4.69) is 15.6 Å². The van der Waals surface area contributed by atoms with Gasteiger partial charge in [0.1, 0.15) is 11.0 Å². The van der Waals surface area contributed by atoms with Crippen LogP contribution in [0.3, 0.4) is 0 Å². The van der Waals surface area contributed by atoms with E-state index in [1.807, 2.05) is 49.4 Å². The van der Waals surface area contributed by atoms with Gasteiger partial charge in [-0.2, -0.15) is 13.2 Å². The number of aromatic carboxylic acids is 1. The molecule has 0 saturated carbocycles. The molecule has 1 atom stereocenters. The van der Waals surface area contributed by atoms with Crippen LogP contribution in [-0.4, -0.2) is 26.1 Å². The van der Waals surface area contributed by atoms with Crippen molar-refractivity contribution in [1.29, 1.82) is 0 Å². The van der Waals surface area contributed by atoms with E-state index in [0.717, 1.165) is 34.5 Å². The molecule has 0 aliphatic rings. The Morgan fingerprint density at radius 3 is 2.26 bits per heavy atom. The minimum absolute atomic E-state index is 0.193. The number of hydrogen-bond acceptors (Lipinski definition) is 4. The Hall–Kier alpha value is -4.66. The van der Waals surface area contributed by atoms with Crippen molar-refractivity contribution in [2.24, 2.45) is 0 Å². The molecule has 0 bridgehead atoms. The number of carboxylic acids is 1. The first-order chi connectivity index (χ1) is 18.2. The highest BCUT2D eigenvalue weighted by atomic mass is 19.4. The van der Waals surface area contributed by atoms with Gasteiger partial charge in [0.25, 0.3) is 0 Å². The van der Waals surface area contributed by atoms with E-state index < -0.39 is 17.7 Å². The van der Waals surface area contributed by atoms with Gasteiger partial charge < -0.3 is 10.4 Å². The van der Waals surface area contributed by atoms with Crippen LogP contribution in [0.15, 0.2) is 91.0 Å². The smallest absolute Gasteiger partial charge is 0.416 e. The number of aromatic nitrogens is 3. The standard InChI is InChI=1S/C29H23F3N4O2/c1-18(20-9-11-22(12-10-20)28(37)38)33-25-15-23(21-5-3-2-4-6-21)16-26-27(25)36(35-34-26)17-19-7-13-24(14-8-19)29(30,31)32/h2-16,18,33H,17H2,1H3,(H,37,38)/t18-/m0/s1. The third kappa shape index (κ3) is 5.22. The van der Waals surface area contributed by atoms with Crippen molar-refractivity contribution < 1.29 is 23.1 Å². The highest BCUT2D eigenvalue weighted by molar-refractivity contribution is 5.93. The number of alkyl halides is 3. The fourth-order valence-corrected chi connectivity index (χ4v) is 4.33. The van der Waals surface area contributed by atoms with Gasteiger partial charge in [-0.05, 0) is 65.6 Å². The molecule has 5 rings (SSSR count). The van der Waals surface area contributed by atoms with E-state index in [-0.39, 0.29) is 18.2 Å². The summed E-state index contributed by atoms with van der Waals surface area (Å²) in [6.07, 6.45) is -4.40. The number of halogens is 3. The molecule has 0 spiro atoms. The van der Waals surface area contributed by atoms with E-state index in [1.54, 1.807) is 28.9 Å². The van der Waals surface area contributed by atoms with Gasteiger partial charge in [0.05, 0.1) is 23.4 Å². The van der Waals surface area contributed by atoms with E-state index >= 15 is 0 Å². The number of hydrogen-bond donors (Lipinski definition) is 2. The Bertz CT molecular complexity index is 1580. The second-order valence-corrected chi connectivity index (χ2v) is 8.99. The zero-order chi connectivity index (χ0) is 26.9. The van der Waals surface area contributed by atoms with Crippen LogP contribution in [0.5, 0.6) is 0 Å². The van der Waals surface area contributed by atoms with E-state index in [0.29, 0.717) is 16.6 Å². The molecule has 5 aromatic rings. The van der Waals surface area contributed by atoms with Gasteiger partial charge >= 0.3 is 12.1 Å². The SMILES string of the molecule is C[C@H](Nc1cc(-c2ccccc2)cc2nnn(Cc3ccc(C(F)(F)F)cc3)c12)c1ccc(C(=O)O)cc1. The van der Waals surface area contributed by atoms with Gasteiger partial charge in [-0.3, -0.25) is 0 Å². The molecule has 0 saturated heterocycles. The lowest BCUT2D eigenvalue weighted by molar-refractivity contribution is -0.137. The predicted octanol–water partition coefficient (Wildman–Crippen LogP) is 7.04. The maximum absolute atomic E-state index is 13.0. The van der Waals surface area contributed by atoms with E-state index in [9.17, 15) is 23.1 Å². The van der Waals surface area contributed by atoms with Gasteiger partial charge in [-0.15, -0.1) is 5.10 Å². The molecule has 0 fully saturated rings. The van der Waals surface area contributed by atoms with Crippen LogP contribution >= 0.6 is 0 Å². The Kier molecular flexibility index (Phi) is 6.59. The first-order valence-corrected chi connectivity index (χ1v) is 11.9. The normalized spacial score (nSPS) is 12.4. The number of nitrogens with zero attached hydrogens (tertiary/aromatic N) is 3. The topological polar surface area (TPSA) is 80.0 Å². The van der Waals surface area contributed by atoms with Crippen LogP contribution in [0, 0.1) is 0 Å². The number of nitrogens with one attached hydrogen (secondary N) is 1. The average Bonchev–Trinajstić information content (AvgIpc) is 3.31. The lowest BCUT2D eigenvalue weighted by Gasteiger charge is -2.18. The summed E-state index contributed by atoms with van der Waals surface area (Å²) in [7, 11) is 0. The first kappa shape index (κ1) is 25.0. The molecule has 0 radical (unpaired) electrons. The maximum Gasteiger partial charge on any atom is 0.416 e. The van der Waals surface area contributed by atoms with E-state index in [1.165, 1.54) is 12.1 Å². The van der Waals surface area contributed by atoms with Gasteiger partial charge in [-0.25, -0.2) is 9.48 Å². The van der Waals surface area contributed by atoms with Crippen molar-refractivity contribution in [3.05, 3.63) is 113 Å². The summed E-state index contributed by atoms with van der Waals surface area (Å²) in [5.41, 5.74) is 5.04. The van der Waals surface area contributed by atoms with Crippen molar-refractivity contribution in [1.82, 2.24) is 15.0 Å². The van der Waals surface area contributed by atoms with Crippen LogP contribution in [0.1, 0.15) is 40.0 Å². The zero-order valence-electron chi connectivity index (χ0n) is 20.3. The molecular weight excluding hydrogens is 493 g/mol. The summed E-state index contributed by atoms with van der Waals surface area (Å²) in [6, 6.07) is 25.2. The second kappa shape index (κ2) is 10.0. The molecule has 0 aliphatic carbocycles. The third-order valence-corrected chi connectivity index (χ3v) is 6.36. The maximum atomic E-state index is 13.0. The number of benzene rings is 4. The minimum Gasteiger partial charge on any atom is -0.478 e. The minimum atomic E-state index is -4.40. The van der Waals surface area contributed by atoms with E-state index in [4.69, 9.17) is 0 Å². The summed E-state index contributed by atoms with van der Waals surface area (Å²) in [5, 5.41) is 21.4. The van der Waals surface area contributed by atoms with Crippen LogP contribution in [0.4, 0.5) is 18.9 Å². The Balaban J connectivity index is 1.53. The summed E-state index contributed by atoms with van der Waals surface area (Å²) >= 11 is 0. The number of carbonyl (C=O) groups is 1. The molecule has 0 aliphatic heterocycles. The van der Waals surface area contributed by atoms with Gasteiger partial charge in [-0.1, -0.05) is 59.8 Å². The molecule has 6 nitrogen and oxygen atoms in total. The monoisotopic (exact) mass is 516 g/mol. The molecular formula is C29H23F3N4O2. The quantitative estimate of drug-likeness (QED) is 0.243. The highest BCUT2D eigenvalue weighted by Gasteiger charge is 2.30. The van der Waals surface area contributed by atoms with Crippen LogP contribution < -0.4 is 5.32 Å². The summed E-state index contributed by atoms with van der Waals surface area (Å²) in [5.74, 6) is -0.993. The number of rotatable bonds is 7. The van der Waals surface area contributed by atoms with Crippen LogP contribution in [0.25, 0.3) is 22.2 Å². The first-order valence-electron chi connectivity index (χ1n) is 11.9. The van der Waals surface area contributed by atoms with Crippen molar-refractivity contribution in [2.75, 3.05) is 5.32 Å². The lowest BCUT2D eigenvalue weighted by Crippen LogP contribution is -2.10. The summed E-state index contributed by atoms with van der Waals surface area (Å²) < 4.78 is 40.6. The van der Waals surface area contributed by atoms with Gasteiger partial charge in [0.2, 0.25) is 0 Å². The zero-order valence-corrected chi connectivity index (χ0v) is 20.3. The van der Waals surface area contributed by atoms with Crippen molar-refractivity contribution >= 4 is 22.7 Å². The molecule has 38 heavy (non-hydrogen) atoms. The third-order valence-electron chi connectivity index (χ3n) is 6.36. The number of carboxylic acid groups (broad SMARTS) is 1. The molecule has 1 aromatic heterocycles. The number of anilines is 1. The molecule has 2 N–H and O–H groups in total. The highest BCUT2D eigenvalue weighted by Crippen LogP contribution is 2.33. The fourth-order valence-electron chi connectivity index (χ4n) is 4.33. The molecule has 0 amide bonds. The Labute approximate surface area is 216 Å². The predicted molar refractivity (Wildman–Crippen MR) is 139 cm³/mol. The van der Waals surface area contributed by atoms with Crippen molar-refractivity contribution in [3.63, 3.8) is 0 Å². The fraction of sp³-hybridized carbons (Fsp3) is 0.138. The molecule has 9 heteroatoms. The van der Waals surface area contributed by atoms with Gasteiger partial charge in [0.15, 0.2) is 0 Å². The molecule has 4 aromatic carbocycles. The van der Waals surface area contributed by atoms with Crippen molar-refractivity contribution in [2.45, 2.75) is 25.7 Å².